The van der Waals surface area contributed by atoms with E-state index >= 15 is 0 Å². The standard InChI is InChI=1S/C21H15ClN2O3S2/c22-21-14-5-1-3-7-16(14)29-18(21)9-10-20(26)27-13-19(25)24-15-6-2-4-8-17(15)28-12-11-23/h1-10H,12-13H2,(H,24,25)/b10-9+. The molecule has 2 aromatic carbocycles. The van der Waals surface area contributed by atoms with Crippen LogP contribution in [0, 0.1) is 11.3 Å². The van der Waals surface area contributed by atoms with Crippen molar-refractivity contribution in [2.24, 2.45) is 0 Å². The summed E-state index contributed by atoms with van der Waals surface area (Å²) in [6.45, 7) is -0.416. The monoisotopic (exact) mass is 442 g/mol. The number of anilines is 1. The van der Waals surface area contributed by atoms with Crippen LogP contribution in [0.1, 0.15) is 4.88 Å². The van der Waals surface area contributed by atoms with Crippen LogP contribution in [0.15, 0.2) is 59.5 Å². The number of rotatable bonds is 7. The van der Waals surface area contributed by atoms with Crippen molar-refractivity contribution in [2.75, 3.05) is 17.7 Å². The molecule has 8 heteroatoms. The Morgan fingerprint density at radius 3 is 2.76 bits per heavy atom. The molecule has 0 aliphatic rings. The van der Waals surface area contributed by atoms with Crippen molar-refractivity contribution < 1.29 is 14.3 Å². The lowest BCUT2D eigenvalue weighted by Gasteiger charge is -2.09. The predicted molar refractivity (Wildman–Crippen MR) is 118 cm³/mol. The minimum absolute atomic E-state index is 0.271. The van der Waals surface area contributed by atoms with E-state index in [1.807, 2.05) is 36.4 Å². The fraction of sp³-hybridized carbons (Fsp3) is 0.0952. The zero-order chi connectivity index (χ0) is 20.6. The van der Waals surface area contributed by atoms with Crippen molar-refractivity contribution in [1.82, 2.24) is 0 Å². The van der Waals surface area contributed by atoms with Gasteiger partial charge in [-0.3, -0.25) is 4.79 Å². The van der Waals surface area contributed by atoms with E-state index in [0.717, 1.165) is 19.9 Å². The number of hydrogen-bond acceptors (Lipinski definition) is 6. The van der Waals surface area contributed by atoms with E-state index in [-0.39, 0.29) is 5.75 Å². The van der Waals surface area contributed by atoms with E-state index in [9.17, 15) is 9.59 Å². The molecule has 146 valence electrons. The number of nitriles is 1. The topological polar surface area (TPSA) is 79.2 Å². The van der Waals surface area contributed by atoms with Crippen LogP contribution in [-0.4, -0.2) is 24.2 Å². The average Bonchev–Trinajstić information content (AvgIpc) is 3.06. The van der Waals surface area contributed by atoms with Gasteiger partial charge in [-0.05, 0) is 24.3 Å². The number of amides is 1. The van der Waals surface area contributed by atoms with Gasteiger partial charge in [0.05, 0.1) is 22.5 Å². The van der Waals surface area contributed by atoms with E-state index in [1.165, 1.54) is 29.2 Å². The Labute approximate surface area is 180 Å². The number of thioether (sulfide) groups is 1. The molecule has 1 heterocycles. The molecule has 3 rings (SSSR count). The molecule has 0 saturated heterocycles. The minimum atomic E-state index is -0.638. The highest BCUT2D eigenvalue weighted by Gasteiger charge is 2.10. The zero-order valence-electron chi connectivity index (χ0n) is 15.1. The molecule has 1 N–H and O–H groups in total. The van der Waals surface area contributed by atoms with Crippen molar-refractivity contribution in [3.8, 4) is 6.07 Å². The first kappa shape index (κ1) is 20.9. The Hall–Kier alpha value is -2.79. The number of ether oxygens (including phenoxy) is 1. The predicted octanol–water partition coefficient (Wildman–Crippen LogP) is 5.37. The third-order valence-corrected chi connectivity index (χ3v) is 6.33. The summed E-state index contributed by atoms with van der Waals surface area (Å²) in [7, 11) is 0. The van der Waals surface area contributed by atoms with Crippen LogP contribution in [0.3, 0.4) is 0 Å². The van der Waals surface area contributed by atoms with Gasteiger partial charge in [0.15, 0.2) is 6.61 Å². The van der Waals surface area contributed by atoms with E-state index < -0.39 is 18.5 Å². The second kappa shape index (κ2) is 10.1. The second-order valence-corrected chi connectivity index (χ2v) is 8.19. The fourth-order valence-corrected chi connectivity index (χ4v) is 4.53. The summed E-state index contributed by atoms with van der Waals surface area (Å²) in [6, 6.07) is 16.9. The molecule has 0 radical (unpaired) electrons. The van der Waals surface area contributed by atoms with E-state index in [0.29, 0.717) is 10.7 Å². The summed E-state index contributed by atoms with van der Waals surface area (Å²) in [5.41, 5.74) is 0.571. The molecule has 0 fully saturated rings. The molecule has 0 atom stereocenters. The van der Waals surface area contributed by atoms with Gasteiger partial charge in [-0.25, -0.2) is 4.79 Å². The number of carbonyl (C=O) groups excluding carboxylic acids is 2. The molecule has 1 amide bonds. The van der Waals surface area contributed by atoms with Crippen LogP contribution in [0.5, 0.6) is 0 Å². The average molecular weight is 443 g/mol. The van der Waals surface area contributed by atoms with E-state index in [2.05, 4.69) is 5.32 Å². The Bertz CT molecular complexity index is 1120. The minimum Gasteiger partial charge on any atom is -0.452 e. The van der Waals surface area contributed by atoms with E-state index in [4.69, 9.17) is 21.6 Å². The van der Waals surface area contributed by atoms with Gasteiger partial charge in [-0.1, -0.05) is 41.9 Å². The number of carbonyl (C=O) groups is 2. The highest BCUT2D eigenvalue weighted by Crippen LogP contribution is 2.35. The molecule has 0 spiro atoms. The summed E-state index contributed by atoms with van der Waals surface area (Å²) in [5.74, 6) is -0.829. The molecule has 0 saturated carbocycles. The lowest BCUT2D eigenvalue weighted by molar-refractivity contribution is -0.142. The van der Waals surface area contributed by atoms with Gasteiger partial charge in [-0.2, -0.15) is 5.26 Å². The molecule has 0 bridgehead atoms. The van der Waals surface area contributed by atoms with E-state index in [1.54, 1.807) is 24.3 Å². The zero-order valence-corrected chi connectivity index (χ0v) is 17.4. The number of nitrogens with zero attached hydrogens (tertiary/aromatic N) is 1. The number of halogens is 1. The molecular weight excluding hydrogens is 428 g/mol. The Kier molecular flexibility index (Phi) is 7.30. The first-order valence-electron chi connectivity index (χ1n) is 8.49. The lowest BCUT2D eigenvalue weighted by atomic mass is 10.2. The quantitative estimate of drug-likeness (QED) is 0.302. The van der Waals surface area contributed by atoms with Gasteiger partial charge < -0.3 is 10.1 Å². The Balaban J connectivity index is 1.55. The number of fused-ring (bicyclic) bond motifs is 1. The smallest absolute Gasteiger partial charge is 0.331 e. The van der Waals surface area contributed by atoms with Crippen LogP contribution in [0.4, 0.5) is 5.69 Å². The van der Waals surface area contributed by atoms with Crippen LogP contribution in [-0.2, 0) is 14.3 Å². The van der Waals surface area contributed by atoms with Crippen LogP contribution < -0.4 is 5.32 Å². The number of esters is 1. The fourth-order valence-electron chi connectivity index (χ4n) is 2.46. The first-order valence-corrected chi connectivity index (χ1v) is 10.7. The highest BCUT2D eigenvalue weighted by atomic mass is 35.5. The van der Waals surface area contributed by atoms with Crippen LogP contribution >= 0.6 is 34.7 Å². The summed E-state index contributed by atoms with van der Waals surface area (Å²) in [4.78, 5) is 25.5. The van der Waals surface area contributed by atoms with Gasteiger partial charge in [-0.15, -0.1) is 23.1 Å². The number of benzene rings is 2. The maximum absolute atomic E-state index is 12.1. The lowest BCUT2D eigenvalue weighted by Crippen LogP contribution is -2.20. The summed E-state index contributed by atoms with van der Waals surface area (Å²) in [5, 5.41) is 12.9. The van der Waals surface area contributed by atoms with Gasteiger partial charge in [0.25, 0.3) is 5.91 Å². The number of thiophene rings is 1. The van der Waals surface area contributed by atoms with Crippen LogP contribution in [0.2, 0.25) is 5.02 Å². The van der Waals surface area contributed by atoms with Crippen molar-refractivity contribution in [3.63, 3.8) is 0 Å². The summed E-state index contributed by atoms with van der Waals surface area (Å²) < 4.78 is 6.02. The number of hydrogen-bond donors (Lipinski definition) is 1. The summed E-state index contributed by atoms with van der Waals surface area (Å²) in [6.07, 6.45) is 2.83. The first-order chi connectivity index (χ1) is 14.1. The number of nitrogens with one attached hydrogen (secondary N) is 1. The SMILES string of the molecule is N#CCSc1ccccc1NC(=O)COC(=O)/C=C/c1sc2ccccc2c1Cl. The van der Waals surface area contributed by atoms with Gasteiger partial charge in [0.2, 0.25) is 0 Å². The van der Waals surface area contributed by atoms with Gasteiger partial charge >= 0.3 is 5.97 Å². The summed E-state index contributed by atoms with van der Waals surface area (Å²) >= 11 is 9.12. The second-order valence-electron chi connectivity index (χ2n) is 5.71. The molecule has 1 aromatic heterocycles. The Morgan fingerprint density at radius 2 is 1.97 bits per heavy atom. The van der Waals surface area contributed by atoms with Crippen LogP contribution in [0.25, 0.3) is 16.2 Å². The molecule has 3 aromatic rings. The van der Waals surface area contributed by atoms with Crippen molar-refractivity contribution >= 4 is 68.4 Å². The van der Waals surface area contributed by atoms with Gasteiger partial charge in [0, 0.05) is 25.9 Å². The van der Waals surface area contributed by atoms with Crippen molar-refractivity contribution in [2.45, 2.75) is 4.90 Å². The molecular formula is C21H15ClN2O3S2. The van der Waals surface area contributed by atoms with Gasteiger partial charge in [0.1, 0.15) is 0 Å². The third kappa shape index (κ3) is 5.61. The Morgan fingerprint density at radius 1 is 1.21 bits per heavy atom. The van der Waals surface area contributed by atoms with Crippen molar-refractivity contribution in [3.05, 3.63) is 64.5 Å². The van der Waals surface area contributed by atoms with Crippen molar-refractivity contribution in [1.29, 1.82) is 5.26 Å². The third-order valence-electron chi connectivity index (χ3n) is 3.73. The number of para-hydroxylation sites is 1. The maximum Gasteiger partial charge on any atom is 0.331 e. The molecule has 0 aliphatic heterocycles. The molecule has 0 aliphatic carbocycles. The highest BCUT2D eigenvalue weighted by molar-refractivity contribution is 7.99. The molecule has 29 heavy (non-hydrogen) atoms. The molecule has 5 nitrogen and oxygen atoms in total. The largest absolute Gasteiger partial charge is 0.452 e. The normalized spacial score (nSPS) is 10.8. The molecule has 0 unspecified atom stereocenters. The maximum atomic E-state index is 12.1.